The Kier molecular flexibility index (Phi) is 6.08. The van der Waals surface area contributed by atoms with E-state index >= 15 is 0 Å². The van der Waals surface area contributed by atoms with Gasteiger partial charge < -0.3 is 10.1 Å². The van der Waals surface area contributed by atoms with E-state index in [-0.39, 0.29) is 47.5 Å². The largest absolute Gasteiger partial charge is 0.373 e. The molecule has 0 radical (unpaired) electrons. The van der Waals surface area contributed by atoms with Crippen LogP contribution in [-0.2, 0) is 19.4 Å². The Morgan fingerprint density at radius 1 is 1.26 bits per heavy atom. The van der Waals surface area contributed by atoms with Gasteiger partial charge in [0.15, 0.2) is 9.84 Å². The maximum atomic E-state index is 12.7. The normalized spacial score (nSPS) is 32.8. The molecule has 1 N–H and O–H groups in total. The predicted octanol–water partition coefficient (Wildman–Crippen LogP) is 0.671. The number of hydrogen-bond donors (Lipinski definition) is 1. The lowest BCUT2D eigenvalue weighted by Crippen LogP contribution is -2.57. The van der Waals surface area contributed by atoms with Gasteiger partial charge in [0.1, 0.15) is 0 Å². The Labute approximate surface area is 139 Å². The van der Waals surface area contributed by atoms with Crippen molar-refractivity contribution in [2.75, 3.05) is 31.1 Å². The van der Waals surface area contributed by atoms with Crippen molar-refractivity contribution in [3.8, 4) is 0 Å². The molecule has 2 saturated heterocycles. The highest BCUT2D eigenvalue weighted by atomic mass is 32.2. The molecule has 0 spiro atoms. The van der Waals surface area contributed by atoms with Crippen molar-refractivity contribution in [2.45, 2.75) is 52.4 Å². The van der Waals surface area contributed by atoms with E-state index < -0.39 is 9.84 Å². The van der Waals surface area contributed by atoms with Gasteiger partial charge in [-0.1, -0.05) is 13.8 Å². The Balaban J connectivity index is 1.93. The molecule has 6 nitrogen and oxygen atoms in total. The highest BCUT2D eigenvalue weighted by molar-refractivity contribution is 7.91. The van der Waals surface area contributed by atoms with Gasteiger partial charge in [-0.3, -0.25) is 9.69 Å². The minimum absolute atomic E-state index is 0.00518. The maximum Gasteiger partial charge on any atom is 0.237 e. The molecule has 0 saturated carbocycles. The fourth-order valence-corrected chi connectivity index (χ4v) is 5.58. The molecule has 134 valence electrons. The minimum Gasteiger partial charge on any atom is -0.373 e. The Bertz CT molecular complexity index is 510. The van der Waals surface area contributed by atoms with Crippen LogP contribution in [0.3, 0.4) is 0 Å². The van der Waals surface area contributed by atoms with Gasteiger partial charge in [0, 0.05) is 19.6 Å². The van der Waals surface area contributed by atoms with Gasteiger partial charge in [-0.15, -0.1) is 0 Å². The zero-order chi connectivity index (χ0) is 17.2. The van der Waals surface area contributed by atoms with E-state index in [1.54, 1.807) is 0 Å². The van der Waals surface area contributed by atoms with E-state index in [0.29, 0.717) is 13.0 Å². The molecule has 1 amide bonds. The van der Waals surface area contributed by atoms with Gasteiger partial charge in [0.2, 0.25) is 5.91 Å². The molecule has 7 heteroatoms. The minimum atomic E-state index is -2.89. The van der Waals surface area contributed by atoms with Crippen molar-refractivity contribution in [1.29, 1.82) is 0 Å². The van der Waals surface area contributed by atoms with E-state index in [1.165, 1.54) is 0 Å². The third-order valence-corrected chi connectivity index (χ3v) is 6.47. The van der Waals surface area contributed by atoms with Crippen molar-refractivity contribution in [1.82, 2.24) is 10.2 Å². The molecule has 2 rings (SSSR count). The van der Waals surface area contributed by atoms with Crippen molar-refractivity contribution < 1.29 is 17.9 Å². The van der Waals surface area contributed by atoms with Gasteiger partial charge >= 0.3 is 0 Å². The van der Waals surface area contributed by atoms with E-state index in [9.17, 15) is 13.2 Å². The van der Waals surface area contributed by atoms with Crippen LogP contribution in [0.15, 0.2) is 0 Å². The number of morpholine rings is 1. The summed E-state index contributed by atoms with van der Waals surface area (Å²) in [5.41, 5.74) is 0. The average Bonchev–Trinajstić information content (AvgIpc) is 2.74. The predicted molar refractivity (Wildman–Crippen MR) is 90.0 cm³/mol. The molecule has 0 unspecified atom stereocenters. The first kappa shape index (κ1) is 18.7. The summed E-state index contributed by atoms with van der Waals surface area (Å²) in [5.74, 6) is 0.704. The molecule has 2 heterocycles. The van der Waals surface area contributed by atoms with Gasteiger partial charge in [0.05, 0.1) is 29.8 Å². The number of nitrogens with zero attached hydrogens (tertiary/aromatic N) is 1. The van der Waals surface area contributed by atoms with E-state index in [0.717, 1.165) is 13.1 Å². The number of carbonyl (C=O) groups excluding carboxylic acids is 1. The summed E-state index contributed by atoms with van der Waals surface area (Å²) >= 11 is 0. The molecule has 0 aromatic rings. The van der Waals surface area contributed by atoms with Crippen LogP contribution in [-0.4, -0.2) is 68.6 Å². The van der Waals surface area contributed by atoms with Crippen LogP contribution in [0.1, 0.15) is 34.1 Å². The lowest BCUT2D eigenvalue weighted by atomic mass is 9.99. The second-order valence-corrected chi connectivity index (χ2v) is 9.64. The molecule has 2 aliphatic heterocycles. The fourth-order valence-electron chi connectivity index (χ4n) is 3.72. The summed E-state index contributed by atoms with van der Waals surface area (Å²) in [5, 5.41) is 2.98. The summed E-state index contributed by atoms with van der Waals surface area (Å²) in [6, 6.07) is -0.193. The van der Waals surface area contributed by atoms with Gasteiger partial charge in [-0.05, 0) is 32.1 Å². The SMILES string of the molecule is CC(C)[C@@H](C(=O)NC[C@H]1CCS(=O)(=O)C1)N1C[C@@H](C)O[C@@H](C)C1. The lowest BCUT2D eigenvalue weighted by Gasteiger charge is -2.41. The average molecular weight is 346 g/mol. The number of rotatable bonds is 5. The molecule has 23 heavy (non-hydrogen) atoms. The summed E-state index contributed by atoms with van der Waals surface area (Å²) in [4.78, 5) is 14.9. The van der Waals surface area contributed by atoms with Crippen molar-refractivity contribution in [3.05, 3.63) is 0 Å². The van der Waals surface area contributed by atoms with Crippen LogP contribution in [0.25, 0.3) is 0 Å². The molecule has 2 aliphatic rings. The Morgan fingerprint density at radius 2 is 1.87 bits per heavy atom. The third-order valence-electron chi connectivity index (χ3n) is 4.63. The van der Waals surface area contributed by atoms with Crippen LogP contribution >= 0.6 is 0 Å². The quantitative estimate of drug-likeness (QED) is 0.792. The van der Waals surface area contributed by atoms with Gasteiger partial charge in [0.25, 0.3) is 0 Å². The van der Waals surface area contributed by atoms with Crippen molar-refractivity contribution >= 4 is 15.7 Å². The molecule has 2 fully saturated rings. The second-order valence-electron chi connectivity index (χ2n) is 7.41. The summed E-state index contributed by atoms with van der Waals surface area (Å²) in [6.07, 6.45) is 0.890. The van der Waals surface area contributed by atoms with Crippen LogP contribution in [0.5, 0.6) is 0 Å². The summed E-state index contributed by atoms with van der Waals surface area (Å²) in [6.45, 7) is 10.1. The number of carbonyl (C=O) groups is 1. The Hall–Kier alpha value is -0.660. The molecule has 0 aromatic carbocycles. The highest BCUT2D eigenvalue weighted by Crippen LogP contribution is 2.20. The first-order valence-electron chi connectivity index (χ1n) is 8.55. The molecule has 0 aliphatic carbocycles. The number of hydrogen-bond acceptors (Lipinski definition) is 5. The van der Waals surface area contributed by atoms with E-state index in [1.807, 2.05) is 13.8 Å². The Morgan fingerprint density at radius 3 is 2.35 bits per heavy atom. The smallest absolute Gasteiger partial charge is 0.237 e. The highest BCUT2D eigenvalue weighted by Gasteiger charge is 2.35. The van der Waals surface area contributed by atoms with Gasteiger partial charge in [-0.25, -0.2) is 8.42 Å². The van der Waals surface area contributed by atoms with Crippen molar-refractivity contribution in [2.24, 2.45) is 11.8 Å². The number of amides is 1. The zero-order valence-corrected chi connectivity index (χ0v) is 15.4. The molecule has 0 bridgehead atoms. The standard InChI is InChI=1S/C16H30N2O4S/c1-11(2)15(18-8-12(3)22-13(4)9-18)16(19)17-7-14-5-6-23(20,21)10-14/h11-15H,5-10H2,1-4H3,(H,17,19)/t12-,13+,14-,15+/m1/s1. The molecular weight excluding hydrogens is 316 g/mol. The van der Waals surface area contributed by atoms with Gasteiger partial charge in [-0.2, -0.15) is 0 Å². The van der Waals surface area contributed by atoms with Crippen molar-refractivity contribution in [3.63, 3.8) is 0 Å². The third kappa shape index (κ3) is 5.16. The van der Waals surface area contributed by atoms with E-state index in [4.69, 9.17) is 4.74 Å². The summed E-state index contributed by atoms with van der Waals surface area (Å²) < 4.78 is 28.8. The van der Waals surface area contributed by atoms with E-state index in [2.05, 4.69) is 24.1 Å². The number of nitrogens with one attached hydrogen (secondary N) is 1. The van der Waals surface area contributed by atoms with Crippen LogP contribution in [0.2, 0.25) is 0 Å². The molecule has 0 aromatic heterocycles. The topological polar surface area (TPSA) is 75.7 Å². The van der Waals surface area contributed by atoms with Crippen LogP contribution in [0.4, 0.5) is 0 Å². The first-order chi connectivity index (χ1) is 10.7. The van der Waals surface area contributed by atoms with Crippen LogP contribution < -0.4 is 5.32 Å². The number of sulfone groups is 1. The van der Waals surface area contributed by atoms with Crippen LogP contribution in [0, 0.1) is 11.8 Å². The first-order valence-corrected chi connectivity index (χ1v) is 10.4. The molecular formula is C16H30N2O4S. The second kappa shape index (κ2) is 7.49. The lowest BCUT2D eigenvalue weighted by molar-refractivity contribution is -0.135. The maximum absolute atomic E-state index is 12.7. The molecule has 4 atom stereocenters. The summed E-state index contributed by atoms with van der Waals surface area (Å²) in [7, 11) is -2.89. The number of ether oxygens (including phenoxy) is 1. The fraction of sp³-hybridized carbons (Fsp3) is 0.938. The zero-order valence-electron chi connectivity index (χ0n) is 14.6. The monoisotopic (exact) mass is 346 g/mol.